The number of rotatable bonds is 2. The Balaban J connectivity index is 2.29. The Labute approximate surface area is 88.1 Å². The van der Waals surface area contributed by atoms with E-state index in [1.807, 2.05) is 30.3 Å². The van der Waals surface area contributed by atoms with Crippen molar-refractivity contribution in [3.8, 4) is 17.5 Å². The third kappa shape index (κ3) is 2.18. The fourth-order valence-electron chi connectivity index (χ4n) is 1.29. The molecule has 0 spiro atoms. The van der Waals surface area contributed by atoms with Gasteiger partial charge in [0.15, 0.2) is 0 Å². The molecule has 0 fully saturated rings. The molecule has 0 saturated carbocycles. The highest BCUT2D eigenvalue weighted by atomic mass is 14.8. The number of aromatic nitrogens is 2. The maximum atomic E-state index is 8.52. The predicted octanol–water partition coefficient (Wildman–Crippen LogP) is 2.21. The molecule has 72 valence electrons. The summed E-state index contributed by atoms with van der Waals surface area (Å²) in [4.78, 5) is 8.45. The van der Waals surface area contributed by atoms with Gasteiger partial charge in [0, 0.05) is 12.4 Å². The molecule has 2 rings (SSSR count). The van der Waals surface area contributed by atoms with Gasteiger partial charge < -0.3 is 0 Å². The summed E-state index contributed by atoms with van der Waals surface area (Å²) in [6.45, 7) is 0. The van der Waals surface area contributed by atoms with E-state index in [2.05, 4.69) is 16.0 Å². The highest BCUT2D eigenvalue weighted by Gasteiger charge is 1.99. The summed E-state index contributed by atoms with van der Waals surface area (Å²) in [6.07, 6.45) is 3.85. The number of nitrogens with zero attached hydrogens (tertiary/aromatic N) is 3. The minimum Gasteiger partial charge on any atom is -0.255 e. The monoisotopic (exact) mass is 195 g/mol. The molecule has 0 aliphatic carbocycles. The zero-order valence-electron chi connectivity index (χ0n) is 8.09. The van der Waals surface area contributed by atoms with E-state index in [1.54, 1.807) is 12.4 Å². The van der Waals surface area contributed by atoms with Crippen LogP contribution in [0, 0.1) is 11.3 Å². The zero-order valence-corrected chi connectivity index (χ0v) is 8.09. The molecule has 15 heavy (non-hydrogen) atoms. The van der Waals surface area contributed by atoms with Crippen molar-refractivity contribution in [2.45, 2.75) is 6.42 Å². The lowest BCUT2D eigenvalue weighted by Crippen LogP contribution is -1.88. The highest BCUT2D eigenvalue weighted by molar-refractivity contribution is 5.53. The van der Waals surface area contributed by atoms with E-state index < -0.39 is 0 Å². The Morgan fingerprint density at radius 2 is 1.93 bits per heavy atom. The third-order valence-electron chi connectivity index (χ3n) is 2.04. The van der Waals surface area contributed by atoms with E-state index in [9.17, 15) is 0 Å². The van der Waals surface area contributed by atoms with Gasteiger partial charge in [0.2, 0.25) is 0 Å². The zero-order chi connectivity index (χ0) is 10.5. The third-order valence-corrected chi connectivity index (χ3v) is 2.04. The van der Waals surface area contributed by atoms with E-state index >= 15 is 0 Å². The van der Waals surface area contributed by atoms with Crippen LogP contribution < -0.4 is 0 Å². The van der Waals surface area contributed by atoms with Crippen LogP contribution in [0.2, 0.25) is 0 Å². The molecule has 3 heteroatoms. The summed E-state index contributed by atoms with van der Waals surface area (Å²) >= 11 is 0. The second-order valence-corrected chi connectivity index (χ2v) is 3.10. The molecule has 0 saturated heterocycles. The lowest BCUT2D eigenvalue weighted by Gasteiger charge is -1.99. The van der Waals surface area contributed by atoms with Gasteiger partial charge in [-0.2, -0.15) is 5.26 Å². The molecule has 0 amide bonds. The van der Waals surface area contributed by atoms with Crippen LogP contribution in [0.25, 0.3) is 11.4 Å². The van der Waals surface area contributed by atoms with Gasteiger partial charge >= 0.3 is 0 Å². The van der Waals surface area contributed by atoms with Crippen LogP contribution >= 0.6 is 0 Å². The van der Waals surface area contributed by atoms with E-state index in [1.165, 1.54) is 0 Å². The molecule has 0 aliphatic heterocycles. The topological polar surface area (TPSA) is 49.6 Å². The molecule has 0 unspecified atom stereocenters. The first-order valence-corrected chi connectivity index (χ1v) is 4.63. The van der Waals surface area contributed by atoms with Gasteiger partial charge in [-0.3, -0.25) is 9.97 Å². The molecular formula is C12H9N3. The highest BCUT2D eigenvalue weighted by Crippen LogP contribution is 2.13. The van der Waals surface area contributed by atoms with Crippen molar-refractivity contribution in [2.24, 2.45) is 0 Å². The maximum absolute atomic E-state index is 8.52. The van der Waals surface area contributed by atoms with Crippen LogP contribution in [0.4, 0.5) is 0 Å². The average molecular weight is 195 g/mol. The molecule has 0 N–H and O–H groups in total. The van der Waals surface area contributed by atoms with Gasteiger partial charge in [0.05, 0.1) is 23.9 Å². The van der Waals surface area contributed by atoms with Crippen molar-refractivity contribution in [1.29, 1.82) is 5.26 Å². The minimum absolute atomic E-state index is 0.398. The van der Waals surface area contributed by atoms with Gasteiger partial charge in [-0.1, -0.05) is 12.1 Å². The molecule has 0 aliphatic rings. The molecular weight excluding hydrogens is 186 g/mol. The normalized spacial score (nSPS) is 9.53. The molecule has 2 aromatic rings. The van der Waals surface area contributed by atoms with Crippen LogP contribution in [0.3, 0.4) is 0 Å². The second-order valence-electron chi connectivity index (χ2n) is 3.10. The smallest absolute Gasteiger partial charge is 0.0886 e. The van der Waals surface area contributed by atoms with Gasteiger partial charge in [0.1, 0.15) is 0 Å². The van der Waals surface area contributed by atoms with Crippen LogP contribution in [0.15, 0.2) is 42.7 Å². The Kier molecular flexibility index (Phi) is 2.70. The quantitative estimate of drug-likeness (QED) is 0.738. The number of hydrogen-bond acceptors (Lipinski definition) is 3. The van der Waals surface area contributed by atoms with E-state index in [-0.39, 0.29) is 0 Å². The van der Waals surface area contributed by atoms with Crippen molar-refractivity contribution in [2.75, 3.05) is 0 Å². The Morgan fingerprint density at radius 3 is 2.53 bits per heavy atom. The van der Waals surface area contributed by atoms with Gasteiger partial charge in [0.25, 0.3) is 0 Å². The van der Waals surface area contributed by atoms with Crippen molar-refractivity contribution in [1.82, 2.24) is 9.97 Å². The summed E-state index contributed by atoms with van der Waals surface area (Å²) < 4.78 is 0. The fourth-order valence-corrected chi connectivity index (χ4v) is 1.29. The summed E-state index contributed by atoms with van der Waals surface area (Å²) in [5, 5.41) is 8.52. The molecule has 2 aromatic heterocycles. The van der Waals surface area contributed by atoms with Crippen molar-refractivity contribution >= 4 is 0 Å². The van der Waals surface area contributed by atoms with Crippen molar-refractivity contribution < 1.29 is 0 Å². The van der Waals surface area contributed by atoms with Gasteiger partial charge in [-0.25, -0.2) is 0 Å². The lowest BCUT2D eigenvalue weighted by atomic mass is 10.2. The van der Waals surface area contributed by atoms with Gasteiger partial charge in [-0.05, 0) is 23.8 Å². The molecule has 0 atom stereocenters. The van der Waals surface area contributed by atoms with Crippen LogP contribution in [0.1, 0.15) is 5.56 Å². The molecule has 0 bridgehead atoms. The first kappa shape index (κ1) is 9.35. The van der Waals surface area contributed by atoms with E-state index in [0.717, 1.165) is 17.0 Å². The maximum Gasteiger partial charge on any atom is 0.0886 e. The minimum atomic E-state index is 0.398. The number of nitriles is 1. The molecule has 2 heterocycles. The van der Waals surface area contributed by atoms with Crippen molar-refractivity contribution in [3.05, 3.63) is 48.3 Å². The Morgan fingerprint density at radius 1 is 1.07 bits per heavy atom. The summed E-state index contributed by atoms with van der Waals surface area (Å²) in [5.41, 5.74) is 2.61. The summed E-state index contributed by atoms with van der Waals surface area (Å²) in [7, 11) is 0. The van der Waals surface area contributed by atoms with Crippen LogP contribution in [0.5, 0.6) is 0 Å². The fraction of sp³-hybridized carbons (Fsp3) is 0.0833. The molecule has 0 aromatic carbocycles. The standard InChI is InChI=1S/C12H9N3/c13-7-6-10-4-5-12(15-9-10)11-3-1-2-8-14-11/h1-5,8-9H,6H2. The van der Waals surface area contributed by atoms with E-state index in [4.69, 9.17) is 5.26 Å². The second kappa shape index (κ2) is 4.34. The predicted molar refractivity (Wildman–Crippen MR) is 56.8 cm³/mol. The SMILES string of the molecule is N#CCc1ccc(-c2ccccn2)nc1. The first-order chi connectivity index (χ1) is 7.40. The summed E-state index contributed by atoms with van der Waals surface area (Å²) in [6, 6.07) is 11.6. The van der Waals surface area contributed by atoms with Crippen LogP contribution in [-0.4, -0.2) is 9.97 Å². The largest absolute Gasteiger partial charge is 0.255 e. The summed E-state index contributed by atoms with van der Waals surface area (Å²) in [5.74, 6) is 0. The Hall–Kier alpha value is -2.21. The average Bonchev–Trinajstić information content (AvgIpc) is 2.32. The molecule has 3 nitrogen and oxygen atoms in total. The molecule has 0 radical (unpaired) electrons. The Bertz CT molecular complexity index is 468. The first-order valence-electron chi connectivity index (χ1n) is 4.63. The van der Waals surface area contributed by atoms with E-state index in [0.29, 0.717) is 6.42 Å². The van der Waals surface area contributed by atoms with Gasteiger partial charge in [-0.15, -0.1) is 0 Å². The number of hydrogen-bond donors (Lipinski definition) is 0. The lowest BCUT2D eigenvalue weighted by molar-refractivity contribution is 1.18. The van der Waals surface area contributed by atoms with Crippen LogP contribution in [-0.2, 0) is 6.42 Å². The van der Waals surface area contributed by atoms with Crippen molar-refractivity contribution in [3.63, 3.8) is 0 Å². The number of pyridine rings is 2.